The average Bonchev–Trinajstić information content (AvgIpc) is 2.83. The van der Waals surface area contributed by atoms with Crippen molar-refractivity contribution in [1.82, 2.24) is 0 Å². The Morgan fingerprint density at radius 1 is 1.04 bits per heavy atom. The highest BCUT2D eigenvalue weighted by atomic mass is 16.1. The van der Waals surface area contributed by atoms with Crippen LogP contribution < -0.4 is 0 Å². The van der Waals surface area contributed by atoms with Crippen molar-refractivity contribution < 1.29 is 9.59 Å². The molecule has 4 aliphatic carbocycles. The topological polar surface area (TPSA) is 57.9 Å². The van der Waals surface area contributed by atoms with Crippen molar-refractivity contribution in [1.29, 1.82) is 5.26 Å². The lowest BCUT2D eigenvalue weighted by Gasteiger charge is -2.60. The van der Waals surface area contributed by atoms with E-state index in [0.29, 0.717) is 42.2 Å². The van der Waals surface area contributed by atoms with Crippen molar-refractivity contribution in [2.75, 3.05) is 0 Å². The zero-order valence-corrected chi connectivity index (χ0v) is 14.3. The van der Waals surface area contributed by atoms with Gasteiger partial charge in [0.05, 0.1) is 12.0 Å². The Morgan fingerprint density at radius 3 is 2.57 bits per heavy atom. The summed E-state index contributed by atoms with van der Waals surface area (Å²) in [6, 6.07) is 2.55. The number of carbonyl (C=O) groups is 2. The summed E-state index contributed by atoms with van der Waals surface area (Å²) in [4.78, 5) is 24.5. The third-order valence-electron chi connectivity index (χ3n) is 8.41. The SMILES string of the molecule is C[C@]12CCC(=O)CC1[C@@H](C#N)C[C@@H]1[C@@H]2CC[C@]2(C)C(=O)CC[C@@H]12. The van der Waals surface area contributed by atoms with Crippen LogP contribution in [0.25, 0.3) is 0 Å². The standard InChI is InChI=1S/C20H27NO2/c1-19-7-5-13(22)10-17(19)12(11-21)9-14-15-3-4-18(23)20(15,2)8-6-16(14)19/h12,14-17H,3-10H2,1-2H3/t12-,14+,15+,16+,17?,19-,20+/m1/s1. The Morgan fingerprint density at radius 2 is 1.83 bits per heavy atom. The minimum Gasteiger partial charge on any atom is -0.300 e. The molecule has 3 heteroatoms. The molecule has 1 unspecified atom stereocenters. The summed E-state index contributed by atoms with van der Waals surface area (Å²) in [5.41, 5.74) is -0.000946. The van der Waals surface area contributed by atoms with Crippen LogP contribution in [-0.4, -0.2) is 11.6 Å². The minimum atomic E-state index is -0.130. The number of fused-ring (bicyclic) bond motifs is 5. The molecule has 3 nitrogen and oxygen atoms in total. The maximum atomic E-state index is 12.5. The molecule has 4 saturated carbocycles. The summed E-state index contributed by atoms with van der Waals surface area (Å²) < 4.78 is 0. The van der Waals surface area contributed by atoms with Crippen LogP contribution >= 0.6 is 0 Å². The molecule has 0 saturated heterocycles. The van der Waals surface area contributed by atoms with Crippen LogP contribution in [-0.2, 0) is 9.59 Å². The molecule has 23 heavy (non-hydrogen) atoms. The molecule has 0 bridgehead atoms. The lowest BCUT2D eigenvalue weighted by atomic mass is 9.43. The van der Waals surface area contributed by atoms with E-state index >= 15 is 0 Å². The first kappa shape index (κ1) is 15.4. The van der Waals surface area contributed by atoms with Gasteiger partial charge in [0.25, 0.3) is 0 Å². The lowest BCUT2D eigenvalue weighted by Crippen LogP contribution is -2.56. The Bertz CT molecular complexity index is 605. The predicted octanol–water partition coefficient (Wildman–Crippen LogP) is 3.92. The van der Waals surface area contributed by atoms with Crippen molar-refractivity contribution in [3.63, 3.8) is 0 Å². The fraction of sp³-hybridized carbons (Fsp3) is 0.850. The zero-order chi connectivity index (χ0) is 16.4. The number of ketones is 2. The van der Waals surface area contributed by atoms with E-state index in [1.165, 1.54) is 0 Å². The summed E-state index contributed by atoms with van der Waals surface area (Å²) in [7, 11) is 0. The largest absolute Gasteiger partial charge is 0.300 e. The van der Waals surface area contributed by atoms with Crippen molar-refractivity contribution in [3.8, 4) is 6.07 Å². The third kappa shape index (κ3) is 1.93. The highest BCUT2D eigenvalue weighted by Gasteiger charge is 2.62. The molecule has 0 aromatic carbocycles. The molecule has 0 N–H and O–H groups in total. The summed E-state index contributed by atoms with van der Waals surface area (Å²) in [6.45, 7) is 4.54. The molecule has 4 fully saturated rings. The molecule has 0 amide bonds. The van der Waals surface area contributed by atoms with Gasteiger partial charge in [0.15, 0.2) is 0 Å². The smallest absolute Gasteiger partial charge is 0.139 e. The Labute approximate surface area is 138 Å². The van der Waals surface area contributed by atoms with Crippen LogP contribution in [0.4, 0.5) is 0 Å². The first-order valence-corrected chi connectivity index (χ1v) is 9.35. The number of Topliss-reactive ketones (excluding diaryl/α,β-unsaturated/α-hetero) is 2. The molecule has 4 aliphatic rings. The van der Waals surface area contributed by atoms with E-state index in [1.807, 2.05) is 0 Å². The van der Waals surface area contributed by atoms with Crippen LogP contribution in [0.15, 0.2) is 0 Å². The van der Waals surface area contributed by atoms with Gasteiger partial charge in [0.2, 0.25) is 0 Å². The highest BCUT2D eigenvalue weighted by Crippen LogP contribution is 2.66. The zero-order valence-electron chi connectivity index (χ0n) is 14.3. The second kappa shape index (κ2) is 4.91. The van der Waals surface area contributed by atoms with E-state index in [0.717, 1.165) is 38.5 Å². The molecule has 4 rings (SSSR count). The Kier molecular flexibility index (Phi) is 3.28. The summed E-state index contributed by atoms with van der Waals surface area (Å²) in [5, 5.41) is 9.75. The monoisotopic (exact) mass is 313 g/mol. The number of nitriles is 1. The van der Waals surface area contributed by atoms with Gasteiger partial charge in [0.1, 0.15) is 11.6 Å². The fourth-order valence-electron chi connectivity index (χ4n) is 7.04. The maximum absolute atomic E-state index is 12.5. The van der Waals surface area contributed by atoms with E-state index in [-0.39, 0.29) is 22.7 Å². The molecular formula is C20H27NO2. The molecule has 0 radical (unpaired) electrons. The van der Waals surface area contributed by atoms with Crippen molar-refractivity contribution >= 4 is 11.6 Å². The van der Waals surface area contributed by atoms with Gasteiger partial charge in [-0.3, -0.25) is 9.59 Å². The summed E-state index contributed by atoms with van der Waals surface area (Å²) in [6.07, 6.45) is 7.06. The van der Waals surface area contributed by atoms with E-state index in [4.69, 9.17) is 0 Å². The van der Waals surface area contributed by atoms with Crippen molar-refractivity contribution in [2.45, 2.75) is 65.2 Å². The lowest BCUT2D eigenvalue weighted by molar-refractivity contribution is -0.149. The van der Waals surface area contributed by atoms with Crippen LogP contribution in [0.2, 0.25) is 0 Å². The van der Waals surface area contributed by atoms with E-state index in [9.17, 15) is 14.9 Å². The molecule has 0 aromatic heterocycles. The van der Waals surface area contributed by atoms with Gasteiger partial charge in [-0.15, -0.1) is 0 Å². The van der Waals surface area contributed by atoms with Gasteiger partial charge in [-0.2, -0.15) is 5.26 Å². The van der Waals surface area contributed by atoms with E-state index in [2.05, 4.69) is 19.9 Å². The molecule has 0 aliphatic heterocycles. The molecule has 0 aromatic rings. The van der Waals surface area contributed by atoms with Crippen LogP contribution in [0, 0.1) is 51.8 Å². The van der Waals surface area contributed by atoms with Crippen LogP contribution in [0.3, 0.4) is 0 Å². The van der Waals surface area contributed by atoms with Gasteiger partial charge >= 0.3 is 0 Å². The van der Waals surface area contributed by atoms with E-state index in [1.54, 1.807) is 0 Å². The van der Waals surface area contributed by atoms with Crippen LogP contribution in [0.5, 0.6) is 0 Å². The summed E-state index contributed by atoms with van der Waals surface area (Å²) in [5.74, 6) is 2.65. The predicted molar refractivity (Wildman–Crippen MR) is 86.2 cm³/mol. The number of hydrogen-bond donors (Lipinski definition) is 0. The van der Waals surface area contributed by atoms with Crippen molar-refractivity contribution in [2.24, 2.45) is 40.4 Å². The Balaban J connectivity index is 1.72. The molecular weight excluding hydrogens is 286 g/mol. The van der Waals surface area contributed by atoms with Gasteiger partial charge in [-0.1, -0.05) is 13.8 Å². The van der Waals surface area contributed by atoms with Crippen molar-refractivity contribution in [3.05, 3.63) is 0 Å². The highest BCUT2D eigenvalue weighted by molar-refractivity contribution is 5.87. The normalized spacial score (nSPS) is 52.3. The molecule has 124 valence electrons. The van der Waals surface area contributed by atoms with Gasteiger partial charge in [-0.05, 0) is 61.2 Å². The molecule has 7 atom stereocenters. The van der Waals surface area contributed by atoms with Gasteiger partial charge < -0.3 is 0 Å². The van der Waals surface area contributed by atoms with E-state index < -0.39 is 0 Å². The number of carbonyl (C=O) groups excluding carboxylic acids is 2. The second-order valence-corrected chi connectivity index (χ2v) is 9.12. The van der Waals surface area contributed by atoms with Gasteiger partial charge in [0, 0.05) is 24.7 Å². The minimum absolute atomic E-state index is 0.00329. The number of hydrogen-bond acceptors (Lipinski definition) is 3. The summed E-state index contributed by atoms with van der Waals surface area (Å²) >= 11 is 0. The third-order valence-corrected chi connectivity index (χ3v) is 8.41. The molecule has 0 spiro atoms. The maximum Gasteiger partial charge on any atom is 0.139 e. The quantitative estimate of drug-likeness (QED) is 0.681. The number of rotatable bonds is 0. The molecule has 0 heterocycles. The fourth-order valence-corrected chi connectivity index (χ4v) is 7.04. The second-order valence-electron chi connectivity index (χ2n) is 9.12. The first-order valence-electron chi connectivity index (χ1n) is 9.35. The first-order chi connectivity index (χ1) is 10.9. The average molecular weight is 313 g/mol. The Hall–Kier alpha value is -1.17. The number of nitrogens with zero attached hydrogens (tertiary/aromatic N) is 1. The van der Waals surface area contributed by atoms with Crippen LogP contribution in [0.1, 0.15) is 65.2 Å². The van der Waals surface area contributed by atoms with Gasteiger partial charge in [-0.25, -0.2) is 0 Å².